The van der Waals surface area contributed by atoms with E-state index in [0.717, 1.165) is 62.9 Å². The van der Waals surface area contributed by atoms with E-state index in [1.807, 2.05) is 60.0 Å². The highest BCUT2D eigenvalue weighted by atomic mass is 16.2. The van der Waals surface area contributed by atoms with Crippen LogP contribution in [0.15, 0.2) is 54.6 Å². The average Bonchev–Trinajstić information content (AvgIpc) is 2.78. The van der Waals surface area contributed by atoms with Crippen molar-refractivity contribution < 1.29 is 9.59 Å². The maximum Gasteiger partial charge on any atom is 0.229 e. The molecule has 0 spiro atoms. The number of carbonyl (C=O) groups excluding carboxylic acids is 2. The van der Waals surface area contributed by atoms with E-state index in [-0.39, 0.29) is 17.7 Å². The number of carbonyl (C=O) groups is 2. The fourth-order valence-corrected chi connectivity index (χ4v) is 4.22. The molecule has 2 aromatic rings. The SMILES string of the molecule is CC(C)C(=O)N1CCCCCCCN(C(=O)CCc2ccccc2)Cc2ccccc21. The Kier molecular flexibility index (Phi) is 8.69. The van der Waals surface area contributed by atoms with Gasteiger partial charge in [-0.25, -0.2) is 0 Å². The van der Waals surface area contributed by atoms with E-state index in [0.29, 0.717) is 13.0 Å². The van der Waals surface area contributed by atoms with Gasteiger partial charge in [0.1, 0.15) is 0 Å². The first-order valence-corrected chi connectivity index (χ1v) is 11.8. The summed E-state index contributed by atoms with van der Waals surface area (Å²) in [4.78, 5) is 30.1. The van der Waals surface area contributed by atoms with Gasteiger partial charge in [-0.15, -0.1) is 0 Å². The number of rotatable bonds is 4. The highest BCUT2D eigenvalue weighted by Crippen LogP contribution is 2.26. The predicted octanol–water partition coefficient (Wildman–Crippen LogP) is 5.60. The van der Waals surface area contributed by atoms with Crippen molar-refractivity contribution in [1.29, 1.82) is 0 Å². The highest BCUT2D eigenvalue weighted by Gasteiger charge is 2.23. The quantitative estimate of drug-likeness (QED) is 0.646. The van der Waals surface area contributed by atoms with Gasteiger partial charge in [0.05, 0.1) is 0 Å². The summed E-state index contributed by atoms with van der Waals surface area (Å²) in [5, 5.41) is 0. The lowest BCUT2D eigenvalue weighted by atomic mass is 10.0. The summed E-state index contributed by atoms with van der Waals surface area (Å²) in [5.74, 6) is 0.300. The van der Waals surface area contributed by atoms with Crippen LogP contribution in [0.5, 0.6) is 0 Å². The van der Waals surface area contributed by atoms with Crippen LogP contribution >= 0.6 is 0 Å². The van der Waals surface area contributed by atoms with E-state index in [1.54, 1.807) is 0 Å². The standard InChI is InChI=1S/C27H36N2O2/c1-22(2)27(31)29-20-12-5-3-4-11-19-28(21-24-15-9-10-16-25(24)29)26(30)18-17-23-13-7-6-8-14-23/h6-10,13-16,22H,3-5,11-12,17-21H2,1-2H3. The molecule has 0 radical (unpaired) electrons. The van der Waals surface area contributed by atoms with E-state index in [2.05, 4.69) is 18.2 Å². The fourth-order valence-electron chi connectivity index (χ4n) is 4.22. The summed E-state index contributed by atoms with van der Waals surface area (Å²) in [5.41, 5.74) is 3.21. The fraction of sp³-hybridized carbons (Fsp3) is 0.481. The third kappa shape index (κ3) is 6.68. The van der Waals surface area contributed by atoms with E-state index >= 15 is 0 Å². The number of amides is 2. The van der Waals surface area contributed by atoms with E-state index in [9.17, 15) is 9.59 Å². The zero-order valence-electron chi connectivity index (χ0n) is 19.1. The van der Waals surface area contributed by atoms with Gasteiger partial charge >= 0.3 is 0 Å². The first kappa shape index (κ1) is 23.1. The molecule has 0 unspecified atom stereocenters. The maximum atomic E-state index is 13.2. The van der Waals surface area contributed by atoms with Crippen molar-refractivity contribution in [3.63, 3.8) is 0 Å². The molecule has 0 aliphatic carbocycles. The van der Waals surface area contributed by atoms with Crippen LogP contribution in [-0.4, -0.2) is 29.8 Å². The van der Waals surface area contributed by atoms with Gasteiger partial charge in [-0.05, 0) is 36.5 Å². The van der Waals surface area contributed by atoms with Crippen molar-refractivity contribution in [3.8, 4) is 0 Å². The Morgan fingerprint density at radius 3 is 2.23 bits per heavy atom. The molecule has 1 heterocycles. The molecule has 0 fully saturated rings. The molecule has 0 atom stereocenters. The van der Waals surface area contributed by atoms with Crippen LogP contribution in [0.1, 0.15) is 63.5 Å². The van der Waals surface area contributed by atoms with Crippen molar-refractivity contribution in [1.82, 2.24) is 4.90 Å². The number of fused-ring (bicyclic) bond motifs is 1. The summed E-state index contributed by atoms with van der Waals surface area (Å²) in [7, 11) is 0. The predicted molar refractivity (Wildman–Crippen MR) is 127 cm³/mol. The zero-order valence-corrected chi connectivity index (χ0v) is 19.1. The molecule has 1 aliphatic heterocycles. The number of aryl methyl sites for hydroxylation is 1. The van der Waals surface area contributed by atoms with Gasteiger partial charge in [0, 0.05) is 37.7 Å². The Hall–Kier alpha value is -2.62. The number of hydrogen-bond acceptors (Lipinski definition) is 2. The minimum absolute atomic E-state index is 0.0513. The van der Waals surface area contributed by atoms with Crippen LogP contribution in [0.4, 0.5) is 5.69 Å². The molecule has 3 rings (SSSR count). The van der Waals surface area contributed by atoms with Gasteiger partial charge in [0.25, 0.3) is 0 Å². The Morgan fingerprint density at radius 2 is 1.48 bits per heavy atom. The number of hydrogen-bond donors (Lipinski definition) is 0. The summed E-state index contributed by atoms with van der Waals surface area (Å²) in [6, 6.07) is 18.3. The minimum atomic E-state index is -0.0513. The number of benzene rings is 2. The molecule has 166 valence electrons. The third-order valence-electron chi connectivity index (χ3n) is 6.04. The molecule has 4 nitrogen and oxygen atoms in total. The summed E-state index contributed by atoms with van der Waals surface area (Å²) < 4.78 is 0. The molecular weight excluding hydrogens is 384 g/mol. The first-order valence-electron chi connectivity index (χ1n) is 11.8. The van der Waals surface area contributed by atoms with Crippen LogP contribution < -0.4 is 4.90 Å². The van der Waals surface area contributed by atoms with Gasteiger partial charge in [0.15, 0.2) is 0 Å². The molecule has 0 bridgehead atoms. The molecular formula is C27H36N2O2. The number of nitrogens with zero attached hydrogens (tertiary/aromatic N) is 2. The number of anilines is 1. The first-order chi connectivity index (χ1) is 15.1. The van der Waals surface area contributed by atoms with Gasteiger partial charge in [-0.3, -0.25) is 9.59 Å². The van der Waals surface area contributed by atoms with E-state index in [1.165, 1.54) is 5.56 Å². The van der Waals surface area contributed by atoms with E-state index < -0.39 is 0 Å². The second-order valence-corrected chi connectivity index (χ2v) is 8.84. The van der Waals surface area contributed by atoms with Crippen molar-refractivity contribution in [3.05, 3.63) is 65.7 Å². The lowest BCUT2D eigenvalue weighted by Gasteiger charge is -2.30. The second kappa shape index (κ2) is 11.7. The smallest absolute Gasteiger partial charge is 0.229 e. The lowest BCUT2D eigenvalue weighted by Crippen LogP contribution is -2.37. The van der Waals surface area contributed by atoms with Crippen LogP contribution in [0.2, 0.25) is 0 Å². The minimum Gasteiger partial charge on any atom is -0.338 e. The van der Waals surface area contributed by atoms with Crippen molar-refractivity contribution in [2.45, 2.75) is 65.3 Å². The molecule has 0 saturated carbocycles. The van der Waals surface area contributed by atoms with Crippen molar-refractivity contribution in [2.75, 3.05) is 18.0 Å². The normalized spacial score (nSPS) is 15.7. The highest BCUT2D eigenvalue weighted by molar-refractivity contribution is 5.95. The van der Waals surface area contributed by atoms with Gasteiger partial charge in [0.2, 0.25) is 11.8 Å². The van der Waals surface area contributed by atoms with Crippen LogP contribution in [0.3, 0.4) is 0 Å². The Balaban J connectivity index is 1.82. The third-order valence-corrected chi connectivity index (χ3v) is 6.04. The molecule has 1 aliphatic rings. The van der Waals surface area contributed by atoms with Crippen LogP contribution in [0, 0.1) is 5.92 Å². The molecule has 0 N–H and O–H groups in total. The van der Waals surface area contributed by atoms with Gasteiger partial charge < -0.3 is 9.80 Å². The number of para-hydroxylation sites is 1. The molecule has 31 heavy (non-hydrogen) atoms. The summed E-state index contributed by atoms with van der Waals surface area (Å²) in [6.45, 7) is 6.00. The molecule has 2 amide bonds. The van der Waals surface area contributed by atoms with Gasteiger partial charge in [-0.2, -0.15) is 0 Å². The van der Waals surface area contributed by atoms with E-state index in [4.69, 9.17) is 0 Å². The zero-order chi connectivity index (χ0) is 22.1. The average molecular weight is 421 g/mol. The van der Waals surface area contributed by atoms with Crippen LogP contribution in [-0.2, 0) is 22.6 Å². The molecule has 4 heteroatoms. The summed E-state index contributed by atoms with van der Waals surface area (Å²) in [6.07, 6.45) is 6.72. The molecule has 2 aromatic carbocycles. The lowest BCUT2D eigenvalue weighted by molar-refractivity contribution is -0.131. The topological polar surface area (TPSA) is 40.6 Å². The molecule has 0 aromatic heterocycles. The van der Waals surface area contributed by atoms with Gasteiger partial charge in [-0.1, -0.05) is 81.6 Å². The largest absolute Gasteiger partial charge is 0.338 e. The van der Waals surface area contributed by atoms with Crippen molar-refractivity contribution >= 4 is 17.5 Å². The maximum absolute atomic E-state index is 13.2. The summed E-state index contributed by atoms with van der Waals surface area (Å²) >= 11 is 0. The van der Waals surface area contributed by atoms with Crippen LogP contribution in [0.25, 0.3) is 0 Å². The Labute approximate surface area is 187 Å². The Morgan fingerprint density at radius 1 is 0.839 bits per heavy atom. The van der Waals surface area contributed by atoms with Crippen molar-refractivity contribution in [2.24, 2.45) is 5.92 Å². The molecule has 0 saturated heterocycles. The monoisotopic (exact) mass is 420 g/mol. The second-order valence-electron chi connectivity index (χ2n) is 8.84. The Bertz CT molecular complexity index is 847.